The highest BCUT2D eigenvalue weighted by Crippen LogP contribution is 2.48. The topological polar surface area (TPSA) is 25.8 Å². The zero-order valence-corrected chi connectivity index (χ0v) is 18.8. The van der Waals surface area contributed by atoms with Crippen LogP contribution in [0.5, 0.6) is 0 Å². The predicted octanol–water partition coefficient (Wildman–Crippen LogP) is 7.80. The van der Waals surface area contributed by atoms with Gasteiger partial charge in [0, 0.05) is 28.6 Å². The van der Waals surface area contributed by atoms with Crippen molar-refractivity contribution in [2.45, 2.75) is 12.8 Å². The van der Waals surface area contributed by atoms with E-state index in [4.69, 9.17) is 16.6 Å². The summed E-state index contributed by atoms with van der Waals surface area (Å²) in [6, 6.07) is 34.0. The summed E-state index contributed by atoms with van der Waals surface area (Å²) in [6.45, 7) is 0. The molecule has 33 heavy (non-hydrogen) atoms. The van der Waals surface area contributed by atoms with Crippen LogP contribution in [-0.4, -0.2) is 9.97 Å². The fourth-order valence-electron chi connectivity index (χ4n) is 4.62. The molecule has 1 aliphatic rings. The number of halogens is 1. The molecule has 1 unspecified atom stereocenters. The summed E-state index contributed by atoms with van der Waals surface area (Å²) in [5, 5.41) is 1.35. The van der Waals surface area contributed by atoms with Crippen LogP contribution in [0, 0.1) is 11.8 Å². The first-order valence-electron chi connectivity index (χ1n) is 11.3. The van der Waals surface area contributed by atoms with E-state index in [9.17, 15) is 0 Å². The second-order valence-electron chi connectivity index (χ2n) is 8.61. The molecule has 0 N–H and O–H groups in total. The van der Waals surface area contributed by atoms with Crippen LogP contribution in [-0.2, 0) is 6.42 Å². The van der Waals surface area contributed by atoms with E-state index in [1.54, 1.807) is 12.1 Å². The number of pyridine rings is 2. The predicted molar refractivity (Wildman–Crippen MR) is 136 cm³/mol. The van der Waals surface area contributed by atoms with Crippen LogP contribution < -0.4 is 0 Å². The monoisotopic (exact) mass is 445 g/mol. The number of rotatable bonds is 5. The number of hydrogen-bond acceptors (Lipinski definition) is 2. The van der Waals surface area contributed by atoms with Crippen molar-refractivity contribution < 1.29 is 0 Å². The van der Waals surface area contributed by atoms with Gasteiger partial charge >= 0.3 is 0 Å². The smallest absolute Gasteiger partial charge is 0.138 e. The minimum Gasteiger partial charge on any atom is -0.247 e. The van der Waals surface area contributed by atoms with Crippen molar-refractivity contribution >= 4 is 22.5 Å². The summed E-state index contributed by atoms with van der Waals surface area (Å²) in [5.74, 6) is 2.21. The van der Waals surface area contributed by atoms with Gasteiger partial charge in [0.1, 0.15) is 5.15 Å². The molecular formula is C30H22ClN2. The van der Waals surface area contributed by atoms with E-state index in [0.717, 1.165) is 39.7 Å². The van der Waals surface area contributed by atoms with E-state index in [0.29, 0.717) is 11.1 Å². The SMILES string of the molecule is Clc1nccc2nc(-c3ccc([C]4CC4Cc4ccccc4)cc3)c(-c3ccccc3)cc12. The number of nitrogens with zero attached hydrogens (tertiary/aromatic N) is 2. The molecule has 1 saturated carbocycles. The third-order valence-corrected chi connectivity index (χ3v) is 6.73. The summed E-state index contributed by atoms with van der Waals surface area (Å²) in [4.78, 5) is 9.25. The average molecular weight is 446 g/mol. The minimum atomic E-state index is 0.480. The first kappa shape index (κ1) is 20.1. The molecule has 2 nitrogen and oxygen atoms in total. The molecule has 6 rings (SSSR count). The molecule has 1 aliphatic carbocycles. The van der Waals surface area contributed by atoms with Gasteiger partial charge in [-0.15, -0.1) is 0 Å². The van der Waals surface area contributed by atoms with Crippen LogP contribution in [0.15, 0.2) is 103 Å². The summed E-state index contributed by atoms with van der Waals surface area (Å²) < 4.78 is 0. The molecular weight excluding hydrogens is 424 g/mol. The lowest BCUT2D eigenvalue weighted by atomic mass is 9.96. The molecule has 1 radical (unpaired) electrons. The summed E-state index contributed by atoms with van der Waals surface area (Å²) in [5.41, 5.74) is 7.85. The number of benzene rings is 3. The standard InChI is InChI=1S/C30H22ClN2/c31-30-27-19-26(21-9-5-2-6-10-21)29(33-28(27)15-16-32-30)23-13-11-22(12-14-23)25-18-24(25)17-20-7-3-1-4-8-20/h1-16,19,24H,17-18H2. The molecule has 159 valence electrons. The highest BCUT2D eigenvalue weighted by Gasteiger charge is 2.38. The van der Waals surface area contributed by atoms with Crippen LogP contribution in [0.2, 0.25) is 5.15 Å². The van der Waals surface area contributed by atoms with Gasteiger partial charge in [0.25, 0.3) is 0 Å². The Bertz CT molecular complexity index is 1410. The molecule has 5 aromatic rings. The van der Waals surface area contributed by atoms with E-state index < -0.39 is 0 Å². The van der Waals surface area contributed by atoms with Crippen LogP contribution in [0.4, 0.5) is 0 Å². The number of hydrogen-bond donors (Lipinski definition) is 0. The Kier molecular flexibility index (Phi) is 5.16. The Balaban J connectivity index is 1.34. The second kappa shape index (κ2) is 8.46. The van der Waals surface area contributed by atoms with Crippen molar-refractivity contribution in [3.8, 4) is 22.4 Å². The van der Waals surface area contributed by atoms with Crippen molar-refractivity contribution in [2.75, 3.05) is 0 Å². The van der Waals surface area contributed by atoms with Crippen molar-refractivity contribution in [3.63, 3.8) is 0 Å². The zero-order chi connectivity index (χ0) is 22.2. The van der Waals surface area contributed by atoms with Crippen molar-refractivity contribution in [1.82, 2.24) is 9.97 Å². The average Bonchev–Trinajstić information content (AvgIpc) is 3.64. The molecule has 2 heterocycles. The van der Waals surface area contributed by atoms with Gasteiger partial charge in [-0.2, -0.15) is 0 Å². The fourth-order valence-corrected chi connectivity index (χ4v) is 4.82. The Morgan fingerprint density at radius 3 is 2.21 bits per heavy atom. The molecule has 0 saturated heterocycles. The second-order valence-corrected chi connectivity index (χ2v) is 8.97. The maximum Gasteiger partial charge on any atom is 0.138 e. The van der Waals surface area contributed by atoms with Gasteiger partial charge in [0.05, 0.1) is 11.2 Å². The lowest BCUT2D eigenvalue weighted by Gasteiger charge is -2.12. The van der Waals surface area contributed by atoms with E-state index in [-0.39, 0.29) is 0 Å². The largest absolute Gasteiger partial charge is 0.247 e. The lowest BCUT2D eigenvalue weighted by molar-refractivity contribution is 0.845. The van der Waals surface area contributed by atoms with E-state index >= 15 is 0 Å². The van der Waals surface area contributed by atoms with Crippen molar-refractivity contribution in [3.05, 3.63) is 125 Å². The Hall–Kier alpha value is -3.49. The fraction of sp³-hybridized carbons (Fsp3) is 0.100. The Morgan fingerprint density at radius 1 is 0.758 bits per heavy atom. The molecule has 1 atom stereocenters. The van der Waals surface area contributed by atoms with Crippen molar-refractivity contribution in [1.29, 1.82) is 0 Å². The maximum absolute atomic E-state index is 6.40. The van der Waals surface area contributed by atoms with Gasteiger partial charge in [-0.05, 0) is 47.6 Å². The molecule has 0 spiro atoms. The third kappa shape index (κ3) is 4.03. The van der Waals surface area contributed by atoms with Crippen molar-refractivity contribution in [2.24, 2.45) is 5.92 Å². The molecule has 1 fully saturated rings. The van der Waals surface area contributed by atoms with E-state index in [2.05, 4.69) is 77.8 Å². The maximum atomic E-state index is 6.40. The van der Waals surface area contributed by atoms with Gasteiger partial charge in [-0.3, -0.25) is 0 Å². The minimum absolute atomic E-state index is 0.480. The van der Waals surface area contributed by atoms with Gasteiger partial charge in [0.15, 0.2) is 0 Å². The Morgan fingerprint density at radius 2 is 1.45 bits per heavy atom. The van der Waals surface area contributed by atoms with Crippen LogP contribution in [0.1, 0.15) is 17.5 Å². The molecule has 0 aliphatic heterocycles. The van der Waals surface area contributed by atoms with Crippen LogP contribution in [0.25, 0.3) is 33.3 Å². The summed E-state index contributed by atoms with van der Waals surface area (Å²) in [6.07, 6.45) is 4.02. The number of fused-ring (bicyclic) bond motifs is 1. The van der Waals surface area contributed by atoms with Gasteiger partial charge in [0.2, 0.25) is 0 Å². The molecule has 3 heteroatoms. The number of aromatic nitrogens is 2. The Labute approximate surface area is 198 Å². The molecule has 3 aromatic carbocycles. The van der Waals surface area contributed by atoms with E-state index in [1.807, 2.05) is 24.3 Å². The summed E-state index contributed by atoms with van der Waals surface area (Å²) >= 11 is 6.40. The normalized spacial score (nSPS) is 15.6. The summed E-state index contributed by atoms with van der Waals surface area (Å²) in [7, 11) is 0. The van der Waals surface area contributed by atoms with Crippen LogP contribution in [0.3, 0.4) is 0 Å². The highest BCUT2D eigenvalue weighted by molar-refractivity contribution is 6.34. The van der Waals surface area contributed by atoms with E-state index in [1.165, 1.54) is 17.5 Å². The first-order valence-corrected chi connectivity index (χ1v) is 11.7. The lowest BCUT2D eigenvalue weighted by Crippen LogP contribution is -1.94. The van der Waals surface area contributed by atoms with Gasteiger partial charge in [-0.25, -0.2) is 9.97 Å². The van der Waals surface area contributed by atoms with Crippen LogP contribution >= 0.6 is 11.6 Å². The first-order chi connectivity index (χ1) is 16.3. The molecule has 0 bridgehead atoms. The highest BCUT2D eigenvalue weighted by atomic mass is 35.5. The quantitative estimate of drug-likeness (QED) is 0.258. The zero-order valence-electron chi connectivity index (χ0n) is 18.1. The molecule has 2 aromatic heterocycles. The van der Waals surface area contributed by atoms with Gasteiger partial charge < -0.3 is 0 Å². The molecule has 0 amide bonds. The van der Waals surface area contributed by atoms with Gasteiger partial charge in [-0.1, -0.05) is 96.5 Å². The third-order valence-electron chi connectivity index (χ3n) is 6.43.